The summed E-state index contributed by atoms with van der Waals surface area (Å²) in [7, 11) is 2.19. The van der Waals surface area contributed by atoms with Gasteiger partial charge < -0.3 is 10.2 Å². The van der Waals surface area contributed by atoms with E-state index in [0.29, 0.717) is 12.0 Å². The van der Waals surface area contributed by atoms with Crippen molar-refractivity contribution in [2.24, 2.45) is 5.92 Å². The maximum absolute atomic E-state index is 3.50. The third kappa shape index (κ3) is 2.55. The minimum absolute atomic E-state index is 0.497. The number of hydrogen-bond donors (Lipinski definition) is 1. The van der Waals surface area contributed by atoms with E-state index in [1.807, 2.05) is 0 Å². The van der Waals surface area contributed by atoms with Crippen LogP contribution in [0.15, 0.2) is 47.2 Å². The van der Waals surface area contributed by atoms with E-state index in [9.17, 15) is 0 Å². The Morgan fingerprint density at radius 2 is 2.32 bits per heavy atom. The molecule has 0 radical (unpaired) electrons. The van der Waals surface area contributed by atoms with Crippen LogP contribution in [0.1, 0.15) is 26.2 Å². The zero-order valence-electron chi connectivity index (χ0n) is 12.0. The van der Waals surface area contributed by atoms with Gasteiger partial charge in [0.1, 0.15) is 0 Å². The molecular weight excluding hydrogens is 232 g/mol. The Balaban J connectivity index is 1.79. The van der Waals surface area contributed by atoms with Gasteiger partial charge in [-0.05, 0) is 42.8 Å². The van der Waals surface area contributed by atoms with E-state index in [-0.39, 0.29) is 0 Å². The number of likely N-dealkylation sites (N-methyl/N-ethyl adjacent to an activating group) is 1. The van der Waals surface area contributed by atoms with E-state index in [2.05, 4.69) is 54.7 Å². The molecular formula is C17H24N2. The summed E-state index contributed by atoms with van der Waals surface area (Å²) in [5.74, 6) is 0.584. The minimum Gasteiger partial charge on any atom is -0.384 e. The van der Waals surface area contributed by atoms with E-state index >= 15 is 0 Å². The summed E-state index contributed by atoms with van der Waals surface area (Å²) < 4.78 is 0. The number of hydrogen-bond acceptors (Lipinski definition) is 2. The highest BCUT2D eigenvalue weighted by atomic mass is 15.1. The Hall–Kier alpha value is -1.28. The molecule has 0 bridgehead atoms. The molecule has 3 aliphatic rings. The second-order valence-electron chi connectivity index (χ2n) is 5.91. The summed E-state index contributed by atoms with van der Waals surface area (Å²) in [6.45, 7) is 4.53. The number of rotatable bonds is 3. The fraction of sp³-hybridized carbons (Fsp3) is 0.529. The molecule has 0 aromatic heterocycles. The van der Waals surface area contributed by atoms with Crippen molar-refractivity contribution in [2.75, 3.05) is 20.1 Å². The molecule has 2 heteroatoms. The van der Waals surface area contributed by atoms with Crippen molar-refractivity contribution in [3.8, 4) is 0 Å². The predicted octanol–water partition coefficient (Wildman–Crippen LogP) is 3.02. The van der Waals surface area contributed by atoms with Gasteiger partial charge in [0, 0.05) is 19.0 Å². The number of nitrogens with zero attached hydrogens (tertiary/aromatic N) is 1. The van der Waals surface area contributed by atoms with Crippen molar-refractivity contribution in [3.63, 3.8) is 0 Å². The molecule has 0 aromatic rings. The van der Waals surface area contributed by atoms with Gasteiger partial charge in [0.2, 0.25) is 0 Å². The Bertz CT molecular complexity index is 468. The first-order chi connectivity index (χ1) is 9.28. The topological polar surface area (TPSA) is 15.3 Å². The first-order valence-corrected chi connectivity index (χ1v) is 7.51. The predicted molar refractivity (Wildman–Crippen MR) is 80.8 cm³/mol. The van der Waals surface area contributed by atoms with Crippen LogP contribution in [0.3, 0.4) is 0 Å². The fourth-order valence-electron chi connectivity index (χ4n) is 3.25. The second-order valence-corrected chi connectivity index (χ2v) is 5.91. The molecule has 3 rings (SSSR count). The number of fused-ring (bicyclic) bond motifs is 1. The van der Waals surface area contributed by atoms with Crippen LogP contribution in [0.4, 0.5) is 0 Å². The van der Waals surface area contributed by atoms with Crippen LogP contribution >= 0.6 is 0 Å². The highest BCUT2D eigenvalue weighted by Crippen LogP contribution is 2.34. The molecule has 0 spiro atoms. The van der Waals surface area contributed by atoms with Crippen molar-refractivity contribution in [1.82, 2.24) is 10.2 Å². The zero-order valence-corrected chi connectivity index (χ0v) is 12.0. The van der Waals surface area contributed by atoms with Gasteiger partial charge in [0.05, 0.1) is 6.04 Å². The van der Waals surface area contributed by atoms with Gasteiger partial charge in [-0.1, -0.05) is 37.6 Å². The summed E-state index contributed by atoms with van der Waals surface area (Å²) in [6, 6.07) is 0.497. The quantitative estimate of drug-likeness (QED) is 0.835. The van der Waals surface area contributed by atoms with Crippen molar-refractivity contribution >= 4 is 0 Å². The van der Waals surface area contributed by atoms with E-state index in [4.69, 9.17) is 0 Å². The van der Waals surface area contributed by atoms with Crippen molar-refractivity contribution < 1.29 is 0 Å². The van der Waals surface area contributed by atoms with Crippen molar-refractivity contribution in [1.29, 1.82) is 0 Å². The molecule has 19 heavy (non-hydrogen) atoms. The summed E-state index contributed by atoms with van der Waals surface area (Å²) in [6.07, 6.45) is 15.4. The Morgan fingerprint density at radius 3 is 3.05 bits per heavy atom. The van der Waals surface area contributed by atoms with E-state index in [1.165, 1.54) is 37.0 Å². The van der Waals surface area contributed by atoms with Gasteiger partial charge in [0.25, 0.3) is 0 Å². The fourth-order valence-corrected chi connectivity index (χ4v) is 3.25. The molecule has 0 saturated carbocycles. The van der Waals surface area contributed by atoms with Crippen LogP contribution in [0, 0.1) is 5.92 Å². The molecule has 1 aliphatic carbocycles. The molecule has 0 amide bonds. The standard InChI is InChI=1S/C17H24N2/c1-3-4-15-12-18-17-6-5-14(11-16(15)17)13-7-9-19(2)10-8-13/h5-7,11-12,16-18H,3-4,8-10H2,1-2H3. The monoisotopic (exact) mass is 256 g/mol. The Kier molecular flexibility index (Phi) is 3.61. The van der Waals surface area contributed by atoms with E-state index in [1.54, 1.807) is 5.57 Å². The van der Waals surface area contributed by atoms with Gasteiger partial charge in [0.15, 0.2) is 0 Å². The maximum Gasteiger partial charge on any atom is 0.0543 e. The van der Waals surface area contributed by atoms with Gasteiger partial charge in [-0.3, -0.25) is 0 Å². The molecule has 1 N–H and O–H groups in total. The molecule has 0 saturated heterocycles. The van der Waals surface area contributed by atoms with E-state index < -0.39 is 0 Å². The van der Waals surface area contributed by atoms with Crippen LogP contribution in [-0.4, -0.2) is 31.1 Å². The molecule has 2 atom stereocenters. The van der Waals surface area contributed by atoms with Crippen LogP contribution in [0.5, 0.6) is 0 Å². The van der Waals surface area contributed by atoms with Crippen molar-refractivity contribution in [3.05, 3.63) is 47.2 Å². The largest absolute Gasteiger partial charge is 0.384 e. The summed E-state index contributed by atoms with van der Waals surface area (Å²) in [5.41, 5.74) is 4.57. The van der Waals surface area contributed by atoms with Gasteiger partial charge in [-0.15, -0.1) is 0 Å². The molecule has 2 unspecified atom stereocenters. The van der Waals surface area contributed by atoms with Crippen LogP contribution in [0.2, 0.25) is 0 Å². The van der Waals surface area contributed by atoms with Crippen molar-refractivity contribution in [2.45, 2.75) is 32.2 Å². The third-order valence-electron chi connectivity index (χ3n) is 4.44. The SMILES string of the molecule is CCCC1=CNC2C=CC(C3=CCN(C)CC3)=CC12. The molecule has 0 fully saturated rings. The normalized spacial score (nSPS) is 30.3. The third-order valence-corrected chi connectivity index (χ3v) is 4.44. The molecule has 102 valence electrons. The summed E-state index contributed by atoms with van der Waals surface area (Å²) in [4.78, 5) is 2.37. The number of allylic oxidation sites excluding steroid dienone is 2. The lowest BCUT2D eigenvalue weighted by molar-refractivity contribution is 0.360. The average Bonchev–Trinajstić information content (AvgIpc) is 2.83. The molecule has 2 heterocycles. The summed E-state index contributed by atoms with van der Waals surface area (Å²) >= 11 is 0. The van der Waals surface area contributed by atoms with Crippen LogP contribution < -0.4 is 5.32 Å². The highest BCUT2D eigenvalue weighted by molar-refractivity contribution is 5.47. The number of nitrogens with one attached hydrogen (secondary N) is 1. The van der Waals surface area contributed by atoms with Crippen LogP contribution in [0.25, 0.3) is 0 Å². The van der Waals surface area contributed by atoms with Gasteiger partial charge in [-0.25, -0.2) is 0 Å². The molecule has 2 aliphatic heterocycles. The van der Waals surface area contributed by atoms with E-state index in [0.717, 1.165) is 6.54 Å². The smallest absolute Gasteiger partial charge is 0.0543 e. The Morgan fingerprint density at radius 1 is 1.42 bits per heavy atom. The molecule has 0 aromatic carbocycles. The highest BCUT2D eigenvalue weighted by Gasteiger charge is 2.28. The second kappa shape index (κ2) is 5.38. The average molecular weight is 256 g/mol. The maximum atomic E-state index is 3.50. The molecule has 2 nitrogen and oxygen atoms in total. The Labute approximate surface area is 116 Å². The lowest BCUT2D eigenvalue weighted by atomic mass is 9.83. The minimum atomic E-state index is 0.497. The lowest BCUT2D eigenvalue weighted by Gasteiger charge is -2.26. The lowest BCUT2D eigenvalue weighted by Crippen LogP contribution is -2.28. The van der Waals surface area contributed by atoms with Gasteiger partial charge >= 0.3 is 0 Å². The first kappa shape index (κ1) is 12.7. The first-order valence-electron chi connectivity index (χ1n) is 7.51. The zero-order chi connectivity index (χ0) is 13.2. The van der Waals surface area contributed by atoms with Crippen LogP contribution in [-0.2, 0) is 0 Å². The summed E-state index contributed by atoms with van der Waals surface area (Å²) in [5, 5.41) is 3.50. The van der Waals surface area contributed by atoms with Gasteiger partial charge in [-0.2, -0.15) is 0 Å².